The fourth-order valence-corrected chi connectivity index (χ4v) is 1.80. The number of hydrogen-bond donors (Lipinski definition) is 1. The first-order chi connectivity index (χ1) is 9.08. The second kappa shape index (κ2) is 5.52. The van der Waals surface area contributed by atoms with Crippen LogP contribution in [-0.4, -0.2) is 17.9 Å². The summed E-state index contributed by atoms with van der Waals surface area (Å²) in [5.74, 6) is -0.470. The summed E-state index contributed by atoms with van der Waals surface area (Å²) in [6.07, 6.45) is 0. The van der Waals surface area contributed by atoms with Gasteiger partial charge in [-0.05, 0) is 30.3 Å². The van der Waals surface area contributed by atoms with Crippen molar-refractivity contribution in [3.63, 3.8) is 0 Å². The van der Waals surface area contributed by atoms with Gasteiger partial charge in [0, 0.05) is 30.4 Å². The molecule has 2 N–H and O–H groups in total. The van der Waals surface area contributed by atoms with E-state index in [-0.39, 0.29) is 18.3 Å². The Labute approximate surface area is 111 Å². The molecule has 0 fully saturated rings. The number of carbonyl (C=O) groups is 1. The molecule has 2 rings (SSSR count). The summed E-state index contributed by atoms with van der Waals surface area (Å²) in [5, 5.41) is 0. The van der Waals surface area contributed by atoms with Crippen LogP contribution < -0.4 is 5.73 Å². The highest BCUT2D eigenvalue weighted by atomic mass is 19.1. The van der Waals surface area contributed by atoms with Crippen molar-refractivity contribution in [2.75, 3.05) is 12.8 Å². The molecule has 0 saturated carbocycles. The molecule has 0 aliphatic rings. The van der Waals surface area contributed by atoms with Gasteiger partial charge in [0.1, 0.15) is 5.82 Å². The normalized spacial score (nSPS) is 10.2. The summed E-state index contributed by atoms with van der Waals surface area (Å²) in [7, 11) is 1.64. The van der Waals surface area contributed by atoms with E-state index < -0.39 is 0 Å². The van der Waals surface area contributed by atoms with E-state index in [1.165, 1.54) is 11.0 Å². The van der Waals surface area contributed by atoms with E-state index in [9.17, 15) is 9.18 Å². The molecule has 0 radical (unpaired) electrons. The molecule has 0 atom stereocenters. The number of anilines is 1. The maximum Gasteiger partial charge on any atom is 0.253 e. The van der Waals surface area contributed by atoms with Crippen molar-refractivity contribution < 1.29 is 9.18 Å². The van der Waals surface area contributed by atoms with Crippen LogP contribution in [0.1, 0.15) is 15.9 Å². The molecule has 2 aromatic carbocycles. The highest BCUT2D eigenvalue weighted by Gasteiger charge is 2.13. The Bertz CT molecular complexity index is 581. The lowest BCUT2D eigenvalue weighted by Gasteiger charge is -2.17. The van der Waals surface area contributed by atoms with Crippen LogP contribution in [0.2, 0.25) is 0 Å². The fourth-order valence-electron chi connectivity index (χ4n) is 1.80. The predicted molar refractivity (Wildman–Crippen MR) is 73.1 cm³/mol. The summed E-state index contributed by atoms with van der Waals surface area (Å²) in [6.45, 7) is 0.232. The number of benzene rings is 2. The van der Waals surface area contributed by atoms with Gasteiger partial charge in [-0.3, -0.25) is 4.79 Å². The lowest BCUT2D eigenvalue weighted by molar-refractivity contribution is 0.0784. The molecule has 98 valence electrons. The topological polar surface area (TPSA) is 46.3 Å². The van der Waals surface area contributed by atoms with Crippen molar-refractivity contribution in [1.82, 2.24) is 4.90 Å². The summed E-state index contributed by atoms with van der Waals surface area (Å²) < 4.78 is 13.5. The van der Waals surface area contributed by atoms with Crippen molar-refractivity contribution in [3.05, 3.63) is 65.5 Å². The van der Waals surface area contributed by atoms with Gasteiger partial charge in [-0.1, -0.05) is 18.2 Å². The largest absolute Gasteiger partial charge is 0.399 e. The first-order valence-corrected chi connectivity index (χ1v) is 5.92. The van der Waals surface area contributed by atoms with Crippen LogP contribution in [-0.2, 0) is 6.54 Å². The third-order valence-electron chi connectivity index (χ3n) is 2.87. The number of halogens is 1. The Morgan fingerprint density at radius 3 is 2.42 bits per heavy atom. The van der Waals surface area contributed by atoms with Gasteiger partial charge in [-0.15, -0.1) is 0 Å². The molecule has 0 aromatic heterocycles. The maximum atomic E-state index is 13.5. The summed E-state index contributed by atoms with van der Waals surface area (Å²) >= 11 is 0. The molecule has 0 unspecified atom stereocenters. The molecule has 2 aromatic rings. The number of nitrogens with two attached hydrogens (primary N) is 1. The Morgan fingerprint density at radius 1 is 1.16 bits per heavy atom. The SMILES string of the molecule is CN(Cc1ccccc1F)C(=O)c1ccc(N)cc1. The van der Waals surface area contributed by atoms with Gasteiger partial charge in [0.2, 0.25) is 0 Å². The molecule has 19 heavy (non-hydrogen) atoms. The molecule has 0 spiro atoms. The number of amides is 1. The number of hydrogen-bond acceptors (Lipinski definition) is 2. The highest BCUT2D eigenvalue weighted by Crippen LogP contribution is 2.12. The number of rotatable bonds is 3. The van der Waals surface area contributed by atoms with Gasteiger partial charge < -0.3 is 10.6 Å². The quantitative estimate of drug-likeness (QED) is 0.860. The van der Waals surface area contributed by atoms with Crippen LogP contribution in [0.4, 0.5) is 10.1 Å². The first kappa shape index (κ1) is 13.1. The van der Waals surface area contributed by atoms with E-state index in [1.54, 1.807) is 49.5 Å². The standard InChI is InChI=1S/C15H15FN2O/c1-18(10-12-4-2-3-5-14(12)16)15(19)11-6-8-13(17)9-7-11/h2-9H,10,17H2,1H3. The van der Waals surface area contributed by atoms with Crippen LogP contribution in [0.3, 0.4) is 0 Å². The van der Waals surface area contributed by atoms with E-state index in [0.717, 1.165) is 0 Å². The van der Waals surface area contributed by atoms with Crippen LogP contribution in [0.15, 0.2) is 48.5 Å². The lowest BCUT2D eigenvalue weighted by Crippen LogP contribution is -2.26. The molecule has 0 aliphatic heterocycles. The van der Waals surface area contributed by atoms with Gasteiger partial charge >= 0.3 is 0 Å². The Kier molecular flexibility index (Phi) is 3.80. The first-order valence-electron chi connectivity index (χ1n) is 5.92. The fraction of sp³-hybridized carbons (Fsp3) is 0.133. The second-order valence-corrected chi connectivity index (χ2v) is 4.37. The van der Waals surface area contributed by atoms with Crippen molar-refractivity contribution in [2.24, 2.45) is 0 Å². The molecule has 4 heteroatoms. The molecule has 0 heterocycles. The Morgan fingerprint density at radius 2 is 1.79 bits per heavy atom. The highest BCUT2D eigenvalue weighted by molar-refractivity contribution is 5.94. The summed E-state index contributed by atoms with van der Waals surface area (Å²) in [4.78, 5) is 13.6. The Hall–Kier alpha value is -2.36. The van der Waals surface area contributed by atoms with Crippen molar-refractivity contribution in [1.29, 1.82) is 0 Å². The van der Waals surface area contributed by atoms with Gasteiger partial charge in [-0.2, -0.15) is 0 Å². The van der Waals surface area contributed by atoms with Crippen molar-refractivity contribution in [3.8, 4) is 0 Å². The van der Waals surface area contributed by atoms with Gasteiger partial charge in [0.05, 0.1) is 0 Å². The lowest BCUT2D eigenvalue weighted by atomic mass is 10.1. The zero-order valence-corrected chi connectivity index (χ0v) is 10.6. The molecule has 0 bridgehead atoms. The van der Waals surface area contributed by atoms with Gasteiger partial charge in [0.15, 0.2) is 0 Å². The van der Waals surface area contributed by atoms with E-state index in [2.05, 4.69) is 0 Å². The van der Waals surface area contributed by atoms with E-state index in [1.807, 2.05) is 0 Å². The molecule has 1 amide bonds. The van der Waals surface area contributed by atoms with Crippen LogP contribution >= 0.6 is 0 Å². The zero-order valence-electron chi connectivity index (χ0n) is 10.6. The number of carbonyl (C=O) groups excluding carboxylic acids is 1. The average Bonchev–Trinajstić information content (AvgIpc) is 2.41. The zero-order chi connectivity index (χ0) is 13.8. The van der Waals surface area contributed by atoms with E-state index in [0.29, 0.717) is 16.8 Å². The smallest absolute Gasteiger partial charge is 0.253 e. The van der Waals surface area contributed by atoms with Crippen LogP contribution in [0, 0.1) is 5.82 Å². The molecular formula is C15H15FN2O. The average molecular weight is 258 g/mol. The van der Waals surface area contributed by atoms with Crippen LogP contribution in [0.5, 0.6) is 0 Å². The second-order valence-electron chi connectivity index (χ2n) is 4.37. The minimum absolute atomic E-state index is 0.164. The maximum absolute atomic E-state index is 13.5. The number of nitrogens with zero attached hydrogens (tertiary/aromatic N) is 1. The minimum atomic E-state index is -0.306. The van der Waals surface area contributed by atoms with Gasteiger partial charge in [-0.25, -0.2) is 4.39 Å². The third kappa shape index (κ3) is 3.10. The van der Waals surface area contributed by atoms with E-state index >= 15 is 0 Å². The van der Waals surface area contributed by atoms with Crippen molar-refractivity contribution in [2.45, 2.75) is 6.54 Å². The van der Waals surface area contributed by atoms with Crippen LogP contribution in [0.25, 0.3) is 0 Å². The van der Waals surface area contributed by atoms with E-state index in [4.69, 9.17) is 5.73 Å². The predicted octanol–water partition coefficient (Wildman–Crippen LogP) is 2.68. The molecule has 0 aliphatic carbocycles. The van der Waals surface area contributed by atoms with Gasteiger partial charge in [0.25, 0.3) is 5.91 Å². The minimum Gasteiger partial charge on any atom is -0.399 e. The Balaban J connectivity index is 2.12. The third-order valence-corrected chi connectivity index (χ3v) is 2.87. The molecular weight excluding hydrogens is 243 g/mol. The summed E-state index contributed by atoms with van der Waals surface area (Å²) in [6, 6.07) is 13.1. The molecule has 0 saturated heterocycles. The molecule has 3 nitrogen and oxygen atoms in total. The monoisotopic (exact) mass is 258 g/mol. The van der Waals surface area contributed by atoms with Crippen molar-refractivity contribution >= 4 is 11.6 Å². The number of nitrogen functional groups attached to an aromatic ring is 1. The summed E-state index contributed by atoms with van der Waals surface area (Å²) in [5.41, 5.74) is 7.21.